The van der Waals surface area contributed by atoms with Gasteiger partial charge >= 0.3 is 0 Å². The van der Waals surface area contributed by atoms with Crippen LogP contribution in [-0.2, 0) is 11.2 Å². The van der Waals surface area contributed by atoms with Crippen LogP contribution in [-0.4, -0.2) is 37.7 Å². The Morgan fingerprint density at radius 2 is 1.77 bits per heavy atom. The van der Waals surface area contributed by atoms with E-state index in [2.05, 4.69) is 39.9 Å². The Balaban J connectivity index is 1.61. The number of Topliss-reactive ketones (excluding diaryl/α,β-unsaturated/α-hetero) is 1. The maximum Gasteiger partial charge on any atom is 0.224 e. The first-order chi connectivity index (χ1) is 14.6. The molecule has 1 heterocycles. The number of nitrogens with one attached hydrogen (secondary N) is 1. The zero-order valence-electron chi connectivity index (χ0n) is 17.2. The van der Waals surface area contributed by atoms with Crippen molar-refractivity contribution >= 4 is 29.1 Å². The minimum absolute atomic E-state index is 0.0298. The van der Waals surface area contributed by atoms with Gasteiger partial charge in [-0.3, -0.25) is 9.59 Å². The second-order valence-corrected chi connectivity index (χ2v) is 7.78. The fourth-order valence-corrected chi connectivity index (χ4v) is 3.60. The van der Waals surface area contributed by atoms with E-state index in [0.29, 0.717) is 22.8 Å². The summed E-state index contributed by atoms with van der Waals surface area (Å²) in [6.45, 7) is 3.97. The summed E-state index contributed by atoms with van der Waals surface area (Å²) < 4.78 is 1.64. The van der Waals surface area contributed by atoms with Crippen LogP contribution in [0.1, 0.15) is 49.0 Å². The Hall–Kier alpha value is -3.00. The van der Waals surface area contributed by atoms with Crippen LogP contribution in [0.2, 0.25) is 0 Å². The Labute approximate surface area is 180 Å². The number of ketones is 1. The van der Waals surface area contributed by atoms with Gasteiger partial charge in [0.05, 0.1) is 11.4 Å². The third kappa shape index (κ3) is 5.76. The van der Waals surface area contributed by atoms with Crippen molar-refractivity contribution in [2.45, 2.75) is 44.7 Å². The van der Waals surface area contributed by atoms with Gasteiger partial charge in [-0.15, -0.1) is 5.10 Å². The molecule has 1 amide bonds. The van der Waals surface area contributed by atoms with Crippen molar-refractivity contribution in [2.75, 3.05) is 11.1 Å². The summed E-state index contributed by atoms with van der Waals surface area (Å²) in [5.74, 6) is 0.128. The van der Waals surface area contributed by atoms with E-state index in [1.807, 2.05) is 12.1 Å². The second-order valence-electron chi connectivity index (χ2n) is 6.83. The molecule has 30 heavy (non-hydrogen) atoms. The average molecular weight is 424 g/mol. The number of hydrogen-bond acceptors (Lipinski definition) is 6. The topological polar surface area (TPSA) is 89.8 Å². The van der Waals surface area contributed by atoms with Gasteiger partial charge in [-0.05, 0) is 65.2 Å². The number of aromatic nitrogens is 4. The van der Waals surface area contributed by atoms with Crippen molar-refractivity contribution in [2.24, 2.45) is 0 Å². The molecular formula is C22H25N5O2S. The van der Waals surface area contributed by atoms with Crippen LogP contribution >= 0.6 is 11.8 Å². The van der Waals surface area contributed by atoms with Crippen molar-refractivity contribution in [1.29, 1.82) is 0 Å². The predicted molar refractivity (Wildman–Crippen MR) is 118 cm³/mol. The SMILES string of the molecule is CCCCc1ccc(-n2nnnc2SCC(=O)c2ccc(NC(=O)CC)cc2)cc1. The number of hydrogen-bond donors (Lipinski definition) is 1. The zero-order valence-corrected chi connectivity index (χ0v) is 18.0. The number of rotatable bonds is 10. The average Bonchev–Trinajstić information content (AvgIpc) is 3.25. The fourth-order valence-electron chi connectivity index (χ4n) is 2.82. The van der Waals surface area contributed by atoms with E-state index in [0.717, 1.165) is 12.1 Å². The second kappa shape index (κ2) is 10.7. The van der Waals surface area contributed by atoms with E-state index in [1.165, 1.54) is 30.2 Å². The van der Waals surface area contributed by atoms with Gasteiger partial charge in [0.1, 0.15) is 0 Å². The molecule has 0 fully saturated rings. The summed E-state index contributed by atoms with van der Waals surface area (Å²) in [5, 5.41) is 15.2. The van der Waals surface area contributed by atoms with Crippen molar-refractivity contribution in [3.8, 4) is 5.69 Å². The normalized spacial score (nSPS) is 10.7. The molecule has 1 aromatic heterocycles. The Bertz CT molecular complexity index is 984. The first-order valence-corrected chi connectivity index (χ1v) is 11.0. The number of carbonyl (C=O) groups excluding carboxylic acids is 2. The molecule has 0 aliphatic carbocycles. The van der Waals surface area contributed by atoms with Crippen LogP contribution in [0.3, 0.4) is 0 Å². The lowest BCUT2D eigenvalue weighted by Gasteiger charge is -2.07. The largest absolute Gasteiger partial charge is 0.326 e. The molecule has 3 aromatic rings. The van der Waals surface area contributed by atoms with Crippen LogP contribution in [0.5, 0.6) is 0 Å². The van der Waals surface area contributed by atoms with Gasteiger partial charge in [0.15, 0.2) is 5.78 Å². The number of carbonyl (C=O) groups is 2. The van der Waals surface area contributed by atoms with Gasteiger partial charge in [0, 0.05) is 17.7 Å². The van der Waals surface area contributed by atoms with Gasteiger partial charge in [-0.1, -0.05) is 44.2 Å². The highest BCUT2D eigenvalue weighted by Gasteiger charge is 2.13. The molecule has 1 N–H and O–H groups in total. The summed E-state index contributed by atoms with van der Waals surface area (Å²) in [4.78, 5) is 24.0. The number of amides is 1. The Morgan fingerprint density at radius 1 is 1.03 bits per heavy atom. The molecule has 8 heteroatoms. The number of unbranched alkanes of at least 4 members (excludes halogenated alkanes) is 1. The summed E-state index contributed by atoms with van der Waals surface area (Å²) in [5.41, 5.74) is 3.41. The van der Waals surface area contributed by atoms with Gasteiger partial charge in [-0.25, -0.2) is 0 Å². The van der Waals surface area contributed by atoms with Crippen molar-refractivity contribution < 1.29 is 9.59 Å². The maximum atomic E-state index is 12.5. The van der Waals surface area contributed by atoms with Crippen LogP contribution in [0, 0.1) is 0 Å². The molecule has 0 saturated carbocycles. The summed E-state index contributed by atoms with van der Waals surface area (Å²) in [7, 11) is 0. The van der Waals surface area contributed by atoms with E-state index < -0.39 is 0 Å². The molecule has 0 radical (unpaired) electrons. The van der Waals surface area contributed by atoms with E-state index in [1.54, 1.807) is 35.9 Å². The minimum atomic E-state index is -0.0603. The molecule has 0 atom stereocenters. The number of thioether (sulfide) groups is 1. The lowest BCUT2D eigenvalue weighted by atomic mass is 10.1. The van der Waals surface area contributed by atoms with Crippen LogP contribution in [0.4, 0.5) is 5.69 Å². The number of tetrazole rings is 1. The third-order valence-electron chi connectivity index (χ3n) is 4.58. The van der Waals surface area contributed by atoms with E-state index in [9.17, 15) is 9.59 Å². The van der Waals surface area contributed by atoms with Crippen LogP contribution < -0.4 is 5.32 Å². The number of nitrogens with zero attached hydrogens (tertiary/aromatic N) is 4. The van der Waals surface area contributed by atoms with Gasteiger partial charge in [0.25, 0.3) is 0 Å². The van der Waals surface area contributed by atoms with Gasteiger partial charge in [0.2, 0.25) is 11.1 Å². The van der Waals surface area contributed by atoms with E-state index in [-0.39, 0.29) is 17.4 Å². The van der Waals surface area contributed by atoms with Crippen molar-refractivity contribution in [1.82, 2.24) is 20.2 Å². The molecule has 0 aliphatic rings. The third-order valence-corrected chi connectivity index (χ3v) is 5.50. The van der Waals surface area contributed by atoms with E-state index >= 15 is 0 Å². The molecule has 0 unspecified atom stereocenters. The molecule has 0 saturated heterocycles. The monoisotopic (exact) mass is 423 g/mol. The highest BCUT2D eigenvalue weighted by atomic mass is 32.2. The highest BCUT2D eigenvalue weighted by Crippen LogP contribution is 2.21. The zero-order chi connectivity index (χ0) is 21.3. The Morgan fingerprint density at radius 3 is 2.43 bits per heavy atom. The maximum absolute atomic E-state index is 12.5. The molecule has 0 spiro atoms. The molecular weight excluding hydrogens is 398 g/mol. The number of benzene rings is 2. The van der Waals surface area contributed by atoms with E-state index in [4.69, 9.17) is 0 Å². The van der Waals surface area contributed by atoms with Crippen molar-refractivity contribution in [3.63, 3.8) is 0 Å². The summed E-state index contributed by atoms with van der Waals surface area (Å²) in [6, 6.07) is 15.1. The van der Waals surface area contributed by atoms with Gasteiger partial charge in [-0.2, -0.15) is 4.68 Å². The number of anilines is 1. The highest BCUT2D eigenvalue weighted by molar-refractivity contribution is 7.99. The number of aryl methyl sites for hydroxylation is 1. The van der Waals surface area contributed by atoms with Gasteiger partial charge < -0.3 is 5.32 Å². The lowest BCUT2D eigenvalue weighted by molar-refractivity contribution is -0.115. The molecule has 0 aliphatic heterocycles. The predicted octanol–water partition coefficient (Wildman–Crippen LogP) is 4.33. The molecule has 2 aromatic carbocycles. The molecule has 0 bridgehead atoms. The summed E-state index contributed by atoms with van der Waals surface area (Å²) in [6.07, 6.45) is 3.80. The lowest BCUT2D eigenvalue weighted by Crippen LogP contribution is -2.10. The molecule has 156 valence electrons. The Kier molecular flexibility index (Phi) is 7.73. The first-order valence-electron chi connectivity index (χ1n) is 10.0. The minimum Gasteiger partial charge on any atom is -0.326 e. The first kappa shape index (κ1) is 21.7. The standard InChI is InChI=1S/C22H25N5O2S/c1-3-5-6-16-7-13-19(14-8-16)27-22(24-25-26-27)30-15-20(28)17-9-11-18(12-10-17)23-21(29)4-2/h7-14H,3-6,15H2,1-2H3,(H,23,29). The quantitative estimate of drug-likeness (QED) is 0.386. The van der Waals surface area contributed by atoms with Crippen LogP contribution in [0.15, 0.2) is 53.7 Å². The summed E-state index contributed by atoms with van der Waals surface area (Å²) >= 11 is 1.30. The fraction of sp³-hybridized carbons (Fsp3) is 0.318. The smallest absolute Gasteiger partial charge is 0.224 e. The van der Waals surface area contributed by atoms with Crippen molar-refractivity contribution in [3.05, 3.63) is 59.7 Å². The van der Waals surface area contributed by atoms with Crippen LogP contribution in [0.25, 0.3) is 5.69 Å². The molecule has 7 nitrogen and oxygen atoms in total. The molecule has 3 rings (SSSR count).